The van der Waals surface area contributed by atoms with Crippen LogP contribution in [0.15, 0.2) is 18.3 Å². The van der Waals surface area contributed by atoms with Gasteiger partial charge in [-0.1, -0.05) is 0 Å². The van der Waals surface area contributed by atoms with Crippen LogP contribution < -0.4 is 11.5 Å². The Morgan fingerprint density at radius 2 is 2.00 bits per heavy atom. The second kappa shape index (κ2) is 5.91. The molecule has 2 atom stereocenters. The maximum Gasteiger partial charge on any atom is 0.419 e. The molecule has 2 aromatic heterocycles. The fourth-order valence-electron chi connectivity index (χ4n) is 4.02. The number of aromatic nitrogens is 3. The highest BCUT2D eigenvalue weighted by atomic mass is 19.4. The number of aliphatic hydroxyl groups is 1. The van der Waals surface area contributed by atoms with Gasteiger partial charge in [0.2, 0.25) is 0 Å². The first-order valence-corrected chi connectivity index (χ1v) is 8.70. The van der Waals surface area contributed by atoms with Gasteiger partial charge in [-0.15, -0.1) is 0 Å². The number of hydrogen-bond acceptors (Lipinski definition) is 6. The molecule has 1 spiro atoms. The number of rotatable bonds is 3. The highest BCUT2D eigenvalue weighted by Crippen LogP contribution is 2.44. The summed E-state index contributed by atoms with van der Waals surface area (Å²) < 4.78 is 41.1. The van der Waals surface area contributed by atoms with E-state index in [1.807, 2.05) is 15.6 Å². The van der Waals surface area contributed by atoms with Crippen molar-refractivity contribution < 1.29 is 18.3 Å². The van der Waals surface area contributed by atoms with Crippen LogP contribution >= 0.6 is 0 Å². The lowest BCUT2D eigenvalue weighted by atomic mass is 9.75. The van der Waals surface area contributed by atoms with Crippen molar-refractivity contribution >= 4 is 5.82 Å². The maximum atomic E-state index is 13.1. The Hall–Kier alpha value is -2.17. The minimum atomic E-state index is -4.57. The highest BCUT2D eigenvalue weighted by molar-refractivity contribution is 5.63. The number of likely N-dealkylation sites (tertiary alicyclic amines) is 1. The minimum absolute atomic E-state index is 0.144. The van der Waals surface area contributed by atoms with Crippen molar-refractivity contribution in [3.05, 3.63) is 29.6 Å². The number of aryl methyl sites for hydroxylation is 1. The van der Waals surface area contributed by atoms with Crippen LogP contribution in [-0.2, 0) is 18.1 Å². The van der Waals surface area contributed by atoms with E-state index < -0.39 is 23.8 Å². The predicted molar refractivity (Wildman–Crippen MR) is 92.4 cm³/mol. The first kappa shape index (κ1) is 18.2. The van der Waals surface area contributed by atoms with Crippen LogP contribution in [0, 0.1) is 0 Å². The Labute approximate surface area is 153 Å². The van der Waals surface area contributed by atoms with Crippen molar-refractivity contribution in [3.8, 4) is 11.3 Å². The highest BCUT2D eigenvalue weighted by Gasteiger charge is 2.51. The van der Waals surface area contributed by atoms with Gasteiger partial charge in [0.05, 0.1) is 11.3 Å². The van der Waals surface area contributed by atoms with E-state index in [-0.39, 0.29) is 17.0 Å². The van der Waals surface area contributed by atoms with Gasteiger partial charge in [-0.2, -0.15) is 18.3 Å². The van der Waals surface area contributed by atoms with Crippen LogP contribution in [0.4, 0.5) is 19.0 Å². The number of alkyl halides is 3. The van der Waals surface area contributed by atoms with Gasteiger partial charge in [-0.05, 0) is 25.5 Å². The largest absolute Gasteiger partial charge is 0.419 e. The van der Waals surface area contributed by atoms with Crippen LogP contribution in [0.5, 0.6) is 0 Å². The standard InChI is InChI=1S/C17H21F3N6O/c1-9(21)15(27)25-7-16(8-25)2-3-26-13(16)5-12(24-26)10-4-11(17(18,19)20)14(22)23-6-10/h4-6,9,15,27H,2-3,7-8,21H2,1H3,(H2,22,23)/t9-,15?/m0/s1. The van der Waals surface area contributed by atoms with E-state index in [2.05, 4.69) is 10.1 Å². The molecule has 7 nitrogen and oxygen atoms in total. The number of anilines is 1. The molecule has 4 heterocycles. The van der Waals surface area contributed by atoms with Crippen LogP contribution in [0.2, 0.25) is 0 Å². The molecule has 1 unspecified atom stereocenters. The smallest absolute Gasteiger partial charge is 0.383 e. The summed E-state index contributed by atoms with van der Waals surface area (Å²) in [5.74, 6) is -0.547. The SMILES string of the molecule is C[C@H](N)C(O)N1CC2(CCn3nc(-c4cnc(N)c(C(F)(F)F)c4)cc32)C1. The minimum Gasteiger partial charge on any atom is -0.383 e. The molecule has 2 aromatic rings. The van der Waals surface area contributed by atoms with Gasteiger partial charge < -0.3 is 16.6 Å². The first-order chi connectivity index (χ1) is 12.6. The summed E-state index contributed by atoms with van der Waals surface area (Å²) in [6, 6.07) is 2.45. The van der Waals surface area contributed by atoms with Gasteiger partial charge in [0.1, 0.15) is 12.0 Å². The van der Waals surface area contributed by atoms with Crippen molar-refractivity contribution in [2.24, 2.45) is 5.73 Å². The van der Waals surface area contributed by atoms with Crippen LogP contribution in [0.25, 0.3) is 11.3 Å². The number of aliphatic hydroxyl groups excluding tert-OH is 1. The summed E-state index contributed by atoms with van der Waals surface area (Å²) in [6.07, 6.45) is -3.09. The molecule has 1 fully saturated rings. The molecule has 5 N–H and O–H groups in total. The average Bonchev–Trinajstić information content (AvgIpc) is 3.11. The Morgan fingerprint density at radius 1 is 1.30 bits per heavy atom. The summed E-state index contributed by atoms with van der Waals surface area (Å²) in [4.78, 5) is 5.59. The van der Waals surface area contributed by atoms with E-state index in [4.69, 9.17) is 11.5 Å². The zero-order valence-electron chi connectivity index (χ0n) is 14.7. The summed E-state index contributed by atoms with van der Waals surface area (Å²) in [6.45, 7) is 3.73. The average molecular weight is 382 g/mol. The monoisotopic (exact) mass is 382 g/mol. The third-order valence-electron chi connectivity index (χ3n) is 5.50. The number of nitrogen functional groups attached to an aromatic ring is 1. The Morgan fingerprint density at radius 3 is 2.63 bits per heavy atom. The zero-order chi connectivity index (χ0) is 19.6. The number of fused-ring (bicyclic) bond motifs is 2. The van der Waals surface area contributed by atoms with E-state index in [0.717, 1.165) is 18.2 Å². The number of nitrogens with zero attached hydrogens (tertiary/aromatic N) is 4. The molecule has 27 heavy (non-hydrogen) atoms. The summed E-state index contributed by atoms with van der Waals surface area (Å²) in [7, 11) is 0. The van der Waals surface area contributed by atoms with Crippen LogP contribution in [0.1, 0.15) is 24.6 Å². The van der Waals surface area contributed by atoms with Crippen LogP contribution in [-0.4, -0.2) is 50.1 Å². The molecular weight excluding hydrogens is 361 g/mol. The molecule has 0 aliphatic carbocycles. The number of halogens is 3. The molecule has 2 aliphatic rings. The van der Waals surface area contributed by atoms with Crippen molar-refractivity contribution in [3.63, 3.8) is 0 Å². The molecular formula is C17H21F3N6O. The molecule has 146 valence electrons. The van der Waals surface area contributed by atoms with Crippen molar-refractivity contribution in [1.82, 2.24) is 19.7 Å². The van der Waals surface area contributed by atoms with Crippen molar-refractivity contribution in [2.75, 3.05) is 18.8 Å². The van der Waals surface area contributed by atoms with Gasteiger partial charge in [0.15, 0.2) is 0 Å². The topological polar surface area (TPSA) is 106 Å². The second-order valence-electron chi connectivity index (χ2n) is 7.50. The quantitative estimate of drug-likeness (QED) is 0.736. The normalized spacial score (nSPS) is 21.1. The lowest BCUT2D eigenvalue weighted by molar-refractivity contribution is -0.137. The molecule has 10 heteroatoms. The lowest BCUT2D eigenvalue weighted by Crippen LogP contribution is -2.64. The van der Waals surface area contributed by atoms with Gasteiger partial charge in [-0.25, -0.2) is 4.98 Å². The molecule has 2 aliphatic heterocycles. The molecule has 1 saturated heterocycles. The van der Waals surface area contributed by atoms with E-state index in [1.165, 1.54) is 6.20 Å². The predicted octanol–water partition coefficient (Wildman–Crippen LogP) is 1.17. The fraction of sp³-hybridized carbons (Fsp3) is 0.529. The van der Waals surface area contributed by atoms with E-state index in [0.29, 0.717) is 25.3 Å². The number of nitrogens with two attached hydrogens (primary N) is 2. The van der Waals surface area contributed by atoms with Crippen molar-refractivity contribution in [1.29, 1.82) is 0 Å². The van der Waals surface area contributed by atoms with Crippen molar-refractivity contribution in [2.45, 2.75) is 43.8 Å². The second-order valence-corrected chi connectivity index (χ2v) is 7.50. The van der Waals surface area contributed by atoms with E-state index in [1.54, 1.807) is 6.92 Å². The number of hydrogen-bond donors (Lipinski definition) is 3. The summed E-state index contributed by atoms with van der Waals surface area (Å²) >= 11 is 0. The Kier molecular flexibility index (Phi) is 3.99. The van der Waals surface area contributed by atoms with Gasteiger partial charge >= 0.3 is 6.18 Å². The molecule has 0 radical (unpaired) electrons. The fourth-order valence-corrected chi connectivity index (χ4v) is 4.02. The molecule has 0 aromatic carbocycles. The van der Waals surface area contributed by atoms with Gasteiger partial charge in [0.25, 0.3) is 0 Å². The molecule has 0 saturated carbocycles. The summed E-state index contributed by atoms with van der Waals surface area (Å²) in [5.41, 5.74) is 11.7. The number of pyridine rings is 1. The Bertz CT molecular complexity index is 872. The van der Waals surface area contributed by atoms with E-state index in [9.17, 15) is 18.3 Å². The van der Waals surface area contributed by atoms with Crippen LogP contribution in [0.3, 0.4) is 0 Å². The van der Waals surface area contributed by atoms with E-state index >= 15 is 0 Å². The molecule has 4 rings (SSSR count). The van der Waals surface area contributed by atoms with Gasteiger partial charge in [-0.3, -0.25) is 9.58 Å². The summed E-state index contributed by atoms with van der Waals surface area (Å²) in [5, 5.41) is 14.6. The Balaban J connectivity index is 1.62. The maximum absolute atomic E-state index is 13.1. The third-order valence-corrected chi connectivity index (χ3v) is 5.50. The molecule has 0 bridgehead atoms. The zero-order valence-corrected chi connectivity index (χ0v) is 14.7. The van der Waals surface area contributed by atoms with Gasteiger partial charge in [0, 0.05) is 48.5 Å². The lowest BCUT2D eigenvalue weighted by Gasteiger charge is -2.50. The molecule has 0 amide bonds. The third kappa shape index (κ3) is 2.88. The first-order valence-electron chi connectivity index (χ1n) is 8.70.